The second-order valence-corrected chi connectivity index (χ2v) is 5.75. The number of aromatic hydroxyl groups is 2. The van der Waals surface area contributed by atoms with E-state index in [2.05, 4.69) is 6.58 Å². The third-order valence-corrected chi connectivity index (χ3v) is 3.58. The predicted octanol–water partition coefficient (Wildman–Crippen LogP) is 4.86. The van der Waals surface area contributed by atoms with E-state index >= 15 is 0 Å². The van der Waals surface area contributed by atoms with Crippen molar-refractivity contribution in [2.24, 2.45) is 0 Å². The minimum Gasteiger partial charge on any atom is -0.504 e. The average Bonchev–Trinajstić information content (AvgIpc) is 2.76. The number of hydrogen-bond acceptors (Lipinski definition) is 6. The highest BCUT2D eigenvalue weighted by Crippen LogP contribution is 2.27. The molecule has 2 aromatic carbocycles. The number of ether oxygens (including phenoxy) is 2. The van der Waals surface area contributed by atoms with E-state index in [1.165, 1.54) is 26.4 Å². The molecule has 0 saturated carbocycles. The van der Waals surface area contributed by atoms with Crippen LogP contribution < -0.4 is 9.47 Å². The van der Waals surface area contributed by atoms with Crippen LogP contribution in [0.1, 0.15) is 31.4 Å². The zero-order valence-corrected chi connectivity index (χ0v) is 18.1. The largest absolute Gasteiger partial charge is 0.504 e. The summed E-state index contributed by atoms with van der Waals surface area (Å²) in [5, 5.41) is 18.5. The molecule has 0 fully saturated rings. The Balaban J connectivity index is 0.000000590. The monoisotopic (exact) mass is 414 g/mol. The smallest absolute Gasteiger partial charge is 0.163 e. The number of methoxy groups -OCH3 is 2. The summed E-state index contributed by atoms with van der Waals surface area (Å²) in [6.45, 7) is 9.24. The van der Waals surface area contributed by atoms with E-state index < -0.39 is 0 Å². The number of benzene rings is 2. The molecule has 0 heterocycles. The van der Waals surface area contributed by atoms with Crippen LogP contribution in [0.5, 0.6) is 23.0 Å². The molecule has 6 nitrogen and oxygen atoms in total. The number of carbonyl (C=O) groups excluding carboxylic acids is 2. The third-order valence-electron chi connectivity index (χ3n) is 3.58. The molecule has 0 bridgehead atoms. The predicted molar refractivity (Wildman–Crippen MR) is 119 cm³/mol. The van der Waals surface area contributed by atoms with E-state index in [4.69, 9.17) is 14.6 Å². The van der Waals surface area contributed by atoms with Gasteiger partial charge in [-0.15, -0.1) is 0 Å². The molecule has 0 saturated heterocycles. The molecule has 0 aliphatic rings. The molecule has 2 rings (SSSR count). The number of aryl methyl sites for hydroxylation is 1. The summed E-state index contributed by atoms with van der Waals surface area (Å²) in [6.07, 6.45) is 3.80. The number of carbonyl (C=O) groups is 2. The van der Waals surface area contributed by atoms with E-state index in [0.717, 1.165) is 11.6 Å². The zero-order chi connectivity index (χ0) is 23.1. The van der Waals surface area contributed by atoms with Crippen molar-refractivity contribution in [2.75, 3.05) is 14.2 Å². The second kappa shape index (κ2) is 14.5. The number of allylic oxidation sites excluding steroid dienone is 2. The molecule has 0 aromatic heterocycles. The van der Waals surface area contributed by atoms with Gasteiger partial charge in [-0.1, -0.05) is 38.6 Å². The maximum absolute atomic E-state index is 11.4. The summed E-state index contributed by atoms with van der Waals surface area (Å²) in [4.78, 5) is 22.3. The summed E-state index contributed by atoms with van der Waals surface area (Å²) in [7, 11) is 2.98. The molecule has 0 amide bonds. The lowest BCUT2D eigenvalue weighted by molar-refractivity contribution is -0.121. The van der Waals surface area contributed by atoms with E-state index in [1.807, 2.05) is 26.8 Å². The summed E-state index contributed by atoms with van der Waals surface area (Å²) >= 11 is 0. The first kappa shape index (κ1) is 26.5. The van der Waals surface area contributed by atoms with Gasteiger partial charge in [0.15, 0.2) is 34.6 Å². The van der Waals surface area contributed by atoms with E-state index in [-0.39, 0.29) is 29.5 Å². The highest BCUT2D eigenvalue weighted by molar-refractivity contribution is 6.09. The van der Waals surface area contributed by atoms with Gasteiger partial charge in [0, 0.05) is 0 Å². The van der Waals surface area contributed by atoms with Gasteiger partial charge in [-0.05, 0) is 54.5 Å². The summed E-state index contributed by atoms with van der Waals surface area (Å²) in [5.74, 6) is 0.461. The molecule has 0 aliphatic carbocycles. The Bertz CT molecular complexity index is 868. The van der Waals surface area contributed by atoms with Gasteiger partial charge in [-0.2, -0.15) is 0 Å². The number of hydrogen-bond donors (Lipinski definition) is 2. The van der Waals surface area contributed by atoms with Crippen molar-refractivity contribution in [1.82, 2.24) is 0 Å². The van der Waals surface area contributed by atoms with Crippen LogP contribution in [-0.2, 0) is 9.59 Å². The maximum Gasteiger partial charge on any atom is 0.163 e. The van der Waals surface area contributed by atoms with Crippen LogP contribution in [0.4, 0.5) is 0 Å². The number of ketones is 2. The molecule has 30 heavy (non-hydrogen) atoms. The topological polar surface area (TPSA) is 93.1 Å². The van der Waals surface area contributed by atoms with Gasteiger partial charge in [0.2, 0.25) is 0 Å². The second-order valence-electron chi connectivity index (χ2n) is 5.75. The van der Waals surface area contributed by atoms with Gasteiger partial charge in [-0.3, -0.25) is 9.59 Å². The molecular formula is C24H30O6. The Morgan fingerprint density at radius 2 is 1.47 bits per heavy atom. The van der Waals surface area contributed by atoms with Crippen LogP contribution in [0.25, 0.3) is 6.08 Å². The van der Waals surface area contributed by atoms with Gasteiger partial charge < -0.3 is 19.7 Å². The van der Waals surface area contributed by atoms with Crippen LogP contribution in [0.2, 0.25) is 0 Å². The van der Waals surface area contributed by atoms with Crippen LogP contribution in [0.15, 0.2) is 55.1 Å². The Morgan fingerprint density at radius 3 is 1.97 bits per heavy atom. The lowest BCUT2D eigenvalue weighted by atomic mass is 10.1. The summed E-state index contributed by atoms with van der Waals surface area (Å²) in [6, 6.07) is 9.94. The van der Waals surface area contributed by atoms with Crippen LogP contribution in [0.3, 0.4) is 0 Å². The Kier molecular flexibility index (Phi) is 12.8. The van der Waals surface area contributed by atoms with E-state index in [0.29, 0.717) is 17.1 Å². The van der Waals surface area contributed by atoms with Crippen molar-refractivity contribution < 1.29 is 29.3 Å². The molecule has 162 valence electrons. The first-order valence-electron chi connectivity index (χ1n) is 9.37. The van der Waals surface area contributed by atoms with Crippen molar-refractivity contribution in [3.05, 3.63) is 66.3 Å². The van der Waals surface area contributed by atoms with E-state index in [9.17, 15) is 14.7 Å². The van der Waals surface area contributed by atoms with Gasteiger partial charge in [0.25, 0.3) is 0 Å². The number of phenolic OH excluding ortho intramolecular Hbond substituents is 2. The number of phenols is 2. The average molecular weight is 414 g/mol. The standard InChI is InChI=1S/C14H14O4.C8H10O2.C2H6/c1-3-11(15)9-12(16)6-4-10-5-7-13(17)14(8-10)18-2;1-6-3-4-7(9)8(5-6)10-2;1-2/h3-8,17H,1,9H2,2H3;3-5,9H,1-2H3;1-2H3/b6-4+;;. The maximum atomic E-state index is 11.4. The first-order valence-corrected chi connectivity index (χ1v) is 9.37. The third kappa shape index (κ3) is 9.59. The fourth-order valence-corrected chi connectivity index (χ4v) is 2.07. The first-order chi connectivity index (χ1) is 14.3. The Hall–Kier alpha value is -3.54. The summed E-state index contributed by atoms with van der Waals surface area (Å²) in [5.41, 5.74) is 1.78. The molecule has 0 aliphatic heterocycles. The molecule has 0 atom stereocenters. The molecule has 6 heteroatoms. The summed E-state index contributed by atoms with van der Waals surface area (Å²) < 4.78 is 9.81. The fraction of sp³-hybridized carbons (Fsp3) is 0.250. The highest BCUT2D eigenvalue weighted by atomic mass is 16.5. The fourth-order valence-electron chi connectivity index (χ4n) is 2.07. The molecule has 2 aromatic rings. The van der Waals surface area contributed by atoms with Crippen molar-refractivity contribution >= 4 is 17.6 Å². The SMILES string of the molecule is C=CC(=O)CC(=O)/C=C/c1ccc(O)c(OC)c1.CC.COc1cc(C)ccc1O. The molecular weight excluding hydrogens is 384 g/mol. The van der Waals surface area contributed by atoms with Crippen molar-refractivity contribution in [3.63, 3.8) is 0 Å². The van der Waals surface area contributed by atoms with Gasteiger partial charge in [-0.25, -0.2) is 0 Å². The van der Waals surface area contributed by atoms with E-state index in [1.54, 1.807) is 30.3 Å². The zero-order valence-electron chi connectivity index (χ0n) is 18.1. The quantitative estimate of drug-likeness (QED) is 0.496. The van der Waals surface area contributed by atoms with Crippen molar-refractivity contribution in [2.45, 2.75) is 27.2 Å². The number of rotatable bonds is 7. The Morgan fingerprint density at radius 1 is 0.933 bits per heavy atom. The van der Waals surface area contributed by atoms with Gasteiger partial charge >= 0.3 is 0 Å². The highest BCUT2D eigenvalue weighted by Gasteiger charge is 2.04. The van der Waals surface area contributed by atoms with Crippen molar-refractivity contribution in [3.8, 4) is 23.0 Å². The molecule has 0 radical (unpaired) electrons. The van der Waals surface area contributed by atoms with Crippen LogP contribution >= 0.6 is 0 Å². The molecule has 0 spiro atoms. The van der Waals surface area contributed by atoms with Crippen LogP contribution in [-0.4, -0.2) is 36.0 Å². The minimum atomic E-state index is -0.312. The normalized spacial score (nSPS) is 9.50. The lowest BCUT2D eigenvalue weighted by Gasteiger charge is -2.03. The van der Waals surface area contributed by atoms with Gasteiger partial charge in [0.1, 0.15) is 0 Å². The van der Waals surface area contributed by atoms with Crippen LogP contribution in [0, 0.1) is 6.92 Å². The van der Waals surface area contributed by atoms with Crippen molar-refractivity contribution in [1.29, 1.82) is 0 Å². The van der Waals surface area contributed by atoms with Gasteiger partial charge in [0.05, 0.1) is 20.6 Å². The molecule has 2 N–H and O–H groups in total. The minimum absolute atomic E-state index is 0.0304. The Labute approximate surface area is 178 Å². The lowest BCUT2D eigenvalue weighted by Crippen LogP contribution is -2.01. The molecule has 0 unspecified atom stereocenters.